The quantitative estimate of drug-likeness (QED) is 0.697. The summed E-state index contributed by atoms with van der Waals surface area (Å²) in [6.07, 6.45) is 0.935. The molecule has 0 saturated heterocycles. The van der Waals surface area contributed by atoms with Gasteiger partial charge in [-0.1, -0.05) is 6.92 Å². The molecule has 1 rings (SSSR count). The van der Waals surface area contributed by atoms with Crippen LogP contribution in [0.5, 0.6) is 0 Å². The van der Waals surface area contributed by atoms with Crippen molar-refractivity contribution in [3.8, 4) is 0 Å². The lowest BCUT2D eigenvalue weighted by Crippen LogP contribution is -1.98. The topological polar surface area (TPSA) is 85.2 Å². The molecule has 0 bridgehead atoms. The SMILES string of the molecule is CCC1=NC(C)CO1.COS(=O)(=O)O. The van der Waals surface area contributed by atoms with Gasteiger partial charge in [0.05, 0.1) is 13.2 Å². The van der Waals surface area contributed by atoms with Gasteiger partial charge in [0.1, 0.15) is 6.61 Å². The van der Waals surface area contributed by atoms with Crippen LogP contribution in [0.1, 0.15) is 20.3 Å². The van der Waals surface area contributed by atoms with E-state index < -0.39 is 10.4 Å². The molecule has 0 saturated carbocycles. The van der Waals surface area contributed by atoms with E-state index in [1.54, 1.807) is 0 Å². The summed E-state index contributed by atoms with van der Waals surface area (Å²) in [7, 11) is -3.29. The van der Waals surface area contributed by atoms with Crippen molar-refractivity contribution < 1.29 is 21.9 Å². The average Bonchev–Trinajstić information content (AvgIpc) is 2.51. The molecule has 7 heteroatoms. The summed E-state index contributed by atoms with van der Waals surface area (Å²) in [6, 6.07) is 0.393. The Bertz CT molecular complexity index is 284. The van der Waals surface area contributed by atoms with E-state index in [-0.39, 0.29) is 0 Å². The van der Waals surface area contributed by atoms with Gasteiger partial charge >= 0.3 is 10.4 Å². The Labute approximate surface area is 83.9 Å². The van der Waals surface area contributed by atoms with E-state index in [0.717, 1.165) is 26.0 Å². The molecule has 0 amide bonds. The van der Waals surface area contributed by atoms with Gasteiger partial charge in [-0.2, -0.15) is 8.42 Å². The summed E-state index contributed by atoms with van der Waals surface area (Å²) in [5.74, 6) is 0.914. The highest BCUT2D eigenvalue weighted by Gasteiger charge is 2.10. The van der Waals surface area contributed by atoms with Crippen LogP contribution in [0.3, 0.4) is 0 Å². The molecule has 84 valence electrons. The molecule has 6 nitrogen and oxygen atoms in total. The summed E-state index contributed by atoms with van der Waals surface area (Å²) in [4.78, 5) is 4.20. The predicted octanol–water partition coefficient (Wildman–Crippen LogP) is 0.649. The van der Waals surface area contributed by atoms with Crippen molar-refractivity contribution in [2.75, 3.05) is 13.7 Å². The summed E-state index contributed by atoms with van der Waals surface area (Å²) >= 11 is 0. The zero-order valence-corrected chi connectivity index (χ0v) is 9.24. The van der Waals surface area contributed by atoms with Gasteiger partial charge < -0.3 is 4.74 Å². The van der Waals surface area contributed by atoms with Crippen LogP contribution < -0.4 is 0 Å². The van der Waals surface area contributed by atoms with Gasteiger partial charge in [0.25, 0.3) is 0 Å². The molecule has 1 unspecified atom stereocenters. The minimum absolute atomic E-state index is 0.393. The van der Waals surface area contributed by atoms with Gasteiger partial charge in [0.15, 0.2) is 5.90 Å². The zero-order chi connectivity index (χ0) is 11.2. The molecule has 1 heterocycles. The highest BCUT2D eigenvalue weighted by Crippen LogP contribution is 2.04. The molecule has 0 spiro atoms. The molecular weight excluding hydrogens is 210 g/mol. The maximum Gasteiger partial charge on any atom is 0.397 e. The molecular formula is C7H15NO5S. The maximum absolute atomic E-state index is 9.33. The van der Waals surface area contributed by atoms with Crippen LogP contribution in [-0.2, 0) is 19.3 Å². The molecule has 0 aromatic carbocycles. The van der Waals surface area contributed by atoms with Crippen molar-refractivity contribution in [3.05, 3.63) is 0 Å². The summed E-state index contributed by atoms with van der Waals surface area (Å²) in [6.45, 7) is 4.89. The van der Waals surface area contributed by atoms with E-state index in [1.165, 1.54) is 0 Å². The van der Waals surface area contributed by atoms with Gasteiger partial charge in [-0.05, 0) is 6.92 Å². The Balaban J connectivity index is 0.000000255. The second-order valence-electron chi connectivity index (χ2n) is 2.63. The largest absolute Gasteiger partial charge is 0.479 e. The highest BCUT2D eigenvalue weighted by molar-refractivity contribution is 7.80. The molecule has 0 aliphatic carbocycles. The minimum Gasteiger partial charge on any atom is -0.479 e. The normalized spacial score (nSPS) is 20.6. The van der Waals surface area contributed by atoms with Crippen LogP contribution in [0.25, 0.3) is 0 Å². The van der Waals surface area contributed by atoms with Gasteiger partial charge in [-0.25, -0.2) is 4.99 Å². The molecule has 1 aliphatic heterocycles. The third kappa shape index (κ3) is 6.81. The Morgan fingerprint density at radius 3 is 2.36 bits per heavy atom. The first kappa shape index (κ1) is 13.3. The van der Waals surface area contributed by atoms with Crippen LogP contribution in [0.4, 0.5) is 0 Å². The number of nitrogens with zero attached hydrogens (tertiary/aromatic N) is 1. The first-order valence-electron chi connectivity index (χ1n) is 4.11. The average molecular weight is 225 g/mol. The van der Waals surface area contributed by atoms with Crippen LogP contribution in [0.15, 0.2) is 4.99 Å². The van der Waals surface area contributed by atoms with Crippen LogP contribution in [0, 0.1) is 0 Å². The second-order valence-corrected chi connectivity index (χ2v) is 3.82. The lowest BCUT2D eigenvalue weighted by molar-refractivity contribution is 0.317. The van der Waals surface area contributed by atoms with Gasteiger partial charge in [-0.15, -0.1) is 0 Å². The molecule has 0 fully saturated rings. The van der Waals surface area contributed by atoms with E-state index >= 15 is 0 Å². The molecule has 0 radical (unpaired) electrons. The summed E-state index contributed by atoms with van der Waals surface area (Å²) < 4.78 is 34.9. The minimum atomic E-state index is -4.16. The number of rotatable bonds is 2. The Morgan fingerprint density at radius 1 is 1.71 bits per heavy atom. The predicted molar refractivity (Wildman–Crippen MR) is 51.7 cm³/mol. The fourth-order valence-electron chi connectivity index (χ4n) is 0.730. The highest BCUT2D eigenvalue weighted by atomic mass is 32.3. The van der Waals surface area contributed by atoms with E-state index in [2.05, 4.69) is 23.0 Å². The Morgan fingerprint density at radius 2 is 2.21 bits per heavy atom. The summed E-state index contributed by atoms with van der Waals surface area (Å²) in [5, 5.41) is 0. The first-order chi connectivity index (χ1) is 6.39. The van der Waals surface area contributed by atoms with Crippen molar-refractivity contribution in [3.63, 3.8) is 0 Å². The van der Waals surface area contributed by atoms with Gasteiger partial charge in [-0.3, -0.25) is 8.74 Å². The smallest absolute Gasteiger partial charge is 0.397 e. The number of ether oxygens (including phenoxy) is 1. The Kier molecular flexibility index (Phi) is 5.66. The van der Waals surface area contributed by atoms with Crippen LogP contribution >= 0.6 is 0 Å². The lowest BCUT2D eigenvalue weighted by atomic mass is 10.4. The van der Waals surface area contributed by atoms with E-state index in [0.29, 0.717) is 6.04 Å². The van der Waals surface area contributed by atoms with Crippen molar-refractivity contribution in [2.24, 2.45) is 4.99 Å². The van der Waals surface area contributed by atoms with E-state index in [1.807, 2.05) is 0 Å². The molecule has 14 heavy (non-hydrogen) atoms. The maximum atomic E-state index is 9.33. The second kappa shape index (κ2) is 5.94. The lowest BCUT2D eigenvalue weighted by Gasteiger charge is -1.93. The van der Waals surface area contributed by atoms with Crippen LogP contribution in [-0.4, -0.2) is 38.6 Å². The molecule has 0 aromatic rings. The van der Waals surface area contributed by atoms with Crippen LogP contribution in [0.2, 0.25) is 0 Å². The molecule has 1 aliphatic rings. The number of hydrogen-bond donors (Lipinski definition) is 1. The first-order valence-corrected chi connectivity index (χ1v) is 5.48. The van der Waals surface area contributed by atoms with Crippen molar-refractivity contribution in [1.29, 1.82) is 0 Å². The van der Waals surface area contributed by atoms with Crippen molar-refractivity contribution in [2.45, 2.75) is 26.3 Å². The fraction of sp³-hybridized carbons (Fsp3) is 0.857. The Hall–Kier alpha value is -0.660. The number of hydrogen-bond acceptors (Lipinski definition) is 5. The van der Waals surface area contributed by atoms with Crippen molar-refractivity contribution in [1.82, 2.24) is 0 Å². The fourth-order valence-corrected chi connectivity index (χ4v) is 0.730. The van der Waals surface area contributed by atoms with Crippen molar-refractivity contribution >= 4 is 16.3 Å². The number of aliphatic imine (C=N–C) groups is 1. The third-order valence-electron chi connectivity index (χ3n) is 1.37. The van der Waals surface area contributed by atoms with E-state index in [4.69, 9.17) is 9.29 Å². The van der Waals surface area contributed by atoms with Gasteiger partial charge in [0, 0.05) is 6.42 Å². The standard InChI is InChI=1S/C6H11NO.CH4O4S/c1-3-6-7-5(2)4-8-6;1-5-6(2,3)4/h5H,3-4H2,1-2H3;1H3,(H,2,3,4). The molecule has 1 N–H and O–H groups in total. The molecule has 1 atom stereocenters. The molecule has 0 aromatic heterocycles. The monoisotopic (exact) mass is 225 g/mol. The summed E-state index contributed by atoms with van der Waals surface area (Å²) in [5.41, 5.74) is 0. The van der Waals surface area contributed by atoms with E-state index in [9.17, 15) is 8.42 Å². The third-order valence-corrected chi connectivity index (χ3v) is 1.79. The van der Waals surface area contributed by atoms with Gasteiger partial charge in [0.2, 0.25) is 0 Å². The zero-order valence-electron chi connectivity index (χ0n) is 8.43.